The van der Waals surface area contributed by atoms with Gasteiger partial charge in [-0.05, 0) is 19.3 Å². The van der Waals surface area contributed by atoms with Crippen molar-refractivity contribution >= 4 is 5.97 Å². The molecule has 4 rings (SSSR count). The molecule has 1 unspecified atom stereocenters. The lowest BCUT2D eigenvalue weighted by Crippen LogP contribution is -2.66. The van der Waals surface area contributed by atoms with Gasteiger partial charge in [0.05, 0.1) is 12.8 Å². The predicted octanol–water partition coefficient (Wildman–Crippen LogP) is 1.66. The number of carbonyl (C=O) groups is 1. The van der Waals surface area contributed by atoms with Gasteiger partial charge in [-0.1, -0.05) is 0 Å². The van der Waals surface area contributed by atoms with Crippen LogP contribution < -0.4 is 0 Å². The number of carboxylic acids is 1. The molecular weight excluding hydrogens is 215 g/mol. The quantitative estimate of drug-likeness (QED) is 0.792. The lowest BCUT2D eigenvalue weighted by atomic mass is 9.42. The van der Waals surface area contributed by atoms with Gasteiger partial charge in [0.1, 0.15) is 5.67 Å². The molecule has 0 aromatic rings. The van der Waals surface area contributed by atoms with Crippen LogP contribution >= 0.6 is 0 Å². The maximum absolute atomic E-state index is 13.2. The number of hydrogen-bond donors (Lipinski definition) is 1. The van der Waals surface area contributed by atoms with Crippen LogP contribution in [0.4, 0.5) is 4.39 Å². The average Bonchev–Trinajstić information content (AvgIpc) is 2.58. The third kappa shape index (κ3) is 1.16. The van der Waals surface area contributed by atoms with E-state index in [0.717, 1.165) is 0 Å². The van der Waals surface area contributed by atoms with Crippen molar-refractivity contribution in [1.82, 2.24) is 0 Å². The molecule has 1 N–H and O–H groups in total. The van der Waals surface area contributed by atoms with Gasteiger partial charge in [0.2, 0.25) is 0 Å². The first-order chi connectivity index (χ1) is 7.48. The summed E-state index contributed by atoms with van der Waals surface area (Å²) in [4.78, 5) is 11.0. The lowest BCUT2D eigenvalue weighted by molar-refractivity contribution is -0.249. The molecule has 3 aliphatic carbocycles. The summed E-state index contributed by atoms with van der Waals surface area (Å²) in [6.45, 7) is 0.230. The zero-order chi connectivity index (χ0) is 11.4. The number of ether oxygens (including phenoxy) is 1. The van der Waals surface area contributed by atoms with E-state index in [4.69, 9.17) is 9.84 Å². The first-order valence-corrected chi connectivity index (χ1v) is 5.14. The Morgan fingerprint density at radius 2 is 2.19 bits per heavy atom. The second kappa shape index (κ2) is 2.68. The maximum atomic E-state index is 13.2. The van der Waals surface area contributed by atoms with E-state index in [-0.39, 0.29) is 12.0 Å². The normalized spacial score (nSPS) is 47.6. The molecule has 86 valence electrons. The van der Waals surface area contributed by atoms with Crippen LogP contribution in [0.25, 0.3) is 0 Å². The predicted molar refractivity (Wildman–Crippen MR) is 50.4 cm³/mol. The molecule has 0 aromatic carbocycles. The van der Waals surface area contributed by atoms with Crippen LogP contribution in [0.15, 0.2) is 22.5 Å². The van der Waals surface area contributed by atoms with Crippen molar-refractivity contribution in [3.05, 3.63) is 12.3 Å². The molecule has 1 aliphatic heterocycles. The summed E-state index contributed by atoms with van der Waals surface area (Å²) < 4.78 is 18.6. The molecule has 3 fully saturated rings. The van der Waals surface area contributed by atoms with E-state index in [1.165, 1.54) is 12.3 Å². The Kier molecular flexibility index (Phi) is 1.66. The van der Waals surface area contributed by atoms with Gasteiger partial charge in [0, 0.05) is 11.5 Å². The smallest absolute Gasteiger partial charge is 0.365 e. The van der Waals surface area contributed by atoms with Crippen LogP contribution in [-0.4, -0.2) is 29.1 Å². The van der Waals surface area contributed by atoms with Gasteiger partial charge in [-0.2, -0.15) is 5.11 Å². The Bertz CT molecular complexity index is 387. The molecule has 2 bridgehead atoms. The van der Waals surface area contributed by atoms with Crippen LogP contribution in [-0.2, 0) is 9.53 Å². The molecule has 1 heterocycles. The van der Waals surface area contributed by atoms with E-state index >= 15 is 0 Å². The summed E-state index contributed by atoms with van der Waals surface area (Å²) in [7, 11) is 0. The first kappa shape index (κ1) is 9.89. The minimum absolute atomic E-state index is 0.150. The minimum Gasteiger partial charge on any atom is -0.477 e. The van der Waals surface area contributed by atoms with Crippen LogP contribution in [0.5, 0.6) is 0 Å². The molecule has 3 saturated carbocycles. The molecule has 0 aromatic heterocycles. The minimum atomic E-state index is -1.68. The van der Waals surface area contributed by atoms with Crippen molar-refractivity contribution in [2.24, 2.45) is 15.6 Å². The van der Waals surface area contributed by atoms with Crippen molar-refractivity contribution in [2.75, 3.05) is 6.61 Å². The number of nitrogens with zero attached hydrogens (tertiary/aromatic N) is 2. The fourth-order valence-corrected chi connectivity index (χ4v) is 2.82. The number of carboxylic acid groups (broad SMARTS) is 1. The van der Waals surface area contributed by atoms with Crippen LogP contribution in [0, 0.1) is 5.41 Å². The highest BCUT2D eigenvalue weighted by Gasteiger charge is 2.69. The Labute approximate surface area is 91.0 Å². The third-order valence-corrected chi connectivity index (χ3v) is 3.55. The molecule has 16 heavy (non-hydrogen) atoms. The second-order valence-electron chi connectivity index (χ2n) is 5.00. The van der Waals surface area contributed by atoms with Crippen molar-refractivity contribution in [3.8, 4) is 0 Å². The number of rotatable bonds is 4. The van der Waals surface area contributed by atoms with Gasteiger partial charge >= 0.3 is 5.97 Å². The number of azo groups is 1. The molecule has 0 saturated heterocycles. The molecule has 0 radical (unpaired) electrons. The van der Waals surface area contributed by atoms with E-state index in [2.05, 4.69) is 10.2 Å². The molecule has 6 heteroatoms. The summed E-state index contributed by atoms with van der Waals surface area (Å²) in [5, 5.41) is 16.1. The van der Waals surface area contributed by atoms with E-state index < -0.39 is 17.4 Å². The first-order valence-electron chi connectivity index (χ1n) is 5.14. The van der Waals surface area contributed by atoms with Crippen molar-refractivity contribution in [2.45, 2.75) is 30.7 Å². The Morgan fingerprint density at radius 1 is 1.50 bits per heavy atom. The van der Waals surface area contributed by atoms with Gasteiger partial charge in [-0.3, -0.25) is 0 Å². The Hall–Kier alpha value is -1.30. The van der Waals surface area contributed by atoms with E-state index in [1.807, 2.05) is 0 Å². The lowest BCUT2D eigenvalue weighted by Gasteiger charge is -2.65. The molecule has 1 atom stereocenters. The molecule has 4 aliphatic rings. The van der Waals surface area contributed by atoms with E-state index in [9.17, 15) is 9.18 Å². The summed E-state index contributed by atoms with van der Waals surface area (Å²) in [5.74, 6) is -1.19. The van der Waals surface area contributed by atoms with Crippen molar-refractivity contribution in [1.29, 1.82) is 0 Å². The topological polar surface area (TPSA) is 71.2 Å². The van der Waals surface area contributed by atoms with Crippen LogP contribution in [0.3, 0.4) is 0 Å². The monoisotopic (exact) mass is 226 g/mol. The Morgan fingerprint density at radius 3 is 2.62 bits per heavy atom. The average molecular weight is 226 g/mol. The number of halogens is 1. The van der Waals surface area contributed by atoms with E-state index in [0.29, 0.717) is 19.3 Å². The summed E-state index contributed by atoms with van der Waals surface area (Å²) >= 11 is 0. The highest BCUT2D eigenvalue weighted by atomic mass is 19.1. The van der Waals surface area contributed by atoms with Crippen LogP contribution in [0.2, 0.25) is 0 Å². The molecule has 0 spiro atoms. The second-order valence-corrected chi connectivity index (χ2v) is 5.00. The highest BCUT2D eigenvalue weighted by Crippen LogP contribution is 2.69. The number of aliphatic carboxylic acids is 1. The standard InChI is InChI=1S/C10H11FN2O3/c11-9-3-8(4-9,5-9)6-16-10(7(14)15)1-2-12-13-10/h1-2H,3-6H2,(H,14,15). The van der Waals surface area contributed by atoms with Gasteiger partial charge in [-0.15, -0.1) is 5.11 Å². The highest BCUT2D eigenvalue weighted by molar-refractivity contribution is 5.80. The van der Waals surface area contributed by atoms with Gasteiger partial charge in [-0.25, -0.2) is 9.18 Å². The largest absolute Gasteiger partial charge is 0.477 e. The van der Waals surface area contributed by atoms with Gasteiger partial charge < -0.3 is 9.84 Å². The van der Waals surface area contributed by atoms with Crippen molar-refractivity contribution < 1.29 is 19.0 Å². The molecular formula is C10H11FN2O3. The fraction of sp³-hybridized carbons (Fsp3) is 0.700. The maximum Gasteiger partial charge on any atom is 0.365 e. The van der Waals surface area contributed by atoms with Crippen LogP contribution in [0.1, 0.15) is 19.3 Å². The summed E-state index contributed by atoms with van der Waals surface area (Å²) in [6, 6.07) is 0. The number of hydrogen-bond acceptors (Lipinski definition) is 4. The fourth-order valence-electron chi connectivity index (χ4n) is 2.82. The molecule has 0 amide bonds. The van der Waals surface area contributed by atoms with Crippen molar-refractivity contribution in [3.63, 3.8) is 0 Å². The zero-order valence-electron chi connectivity index (χ0n) is 8.52. The van der Waals surface area contributed by atoms with Gasteiger partial charge in [0.25, 0.3) is 5.72 Å². The molecule has 5 nitrogen and oxygen atoms in total. The van der Waals surface area contributed by atoms with Gasteiger partial charge in [0.15, 0.2) is 0 Å². The summed E-state index contributed by atoms with van der Waals surface area (Å²) in [5.41, 5.74) is -2.82. The third-order valence-electron chi connectivity index (χ3n) is 3.55. The Balaban J connectivity index is 1.64. The van der Waals surface area contributed by atoms with E-state index in [1.54, 1.807) is 0 Å². The summed E-state index contributed by atoms with van der Waals surface area (Å²) in [6.07, 6.45) is 4.04. The SMILES string of the molecule is O=C(O)C1(OCC23CC(F)(C2)C3)C=CN=N1. The zero-order valence-corrected chi connectivity index (χ0v) is 8.52. The number of alkyl halides is 1.